The molecule has 0 fully saturated rings. The smallest absolute Gasteiger partial charge is 0.102 e. The Kier molecular flexibility index (Phi) is 10.8. The minimum absolute atomic E-state index is 0.134. The maximum absolute atomic E-state index is 10.4. The molecule has 3 nitrogen and oxygen atoms in total. The summed E-state index contributed by atoms with van der Waals surface area (Å²) in [5.74, 6) is 1.75. The van der Waals surface area contributed by atoms with Crippen LogP contribution in [0.2, 0.25) is 0 Å². The molecular weight excluding hydrogens is 454 g/mol. The molecule has 0 radical (unpaired) electrons. The second kappa shape index (κ2) is 14.0. The molecule has 2 unspecified atom stereocenters. The van der Waals surface area contributed by atoms with Gasteiger partial charge in [-0.1, -0.05) is 83.1 Å². The molecule has 0 saturated heterocycles. The van der Waals surface area contributed by atoms with Crippen molar-refractivity contribution < 1.29 is 9.84 Å². The van der Waals surface area contributed by atoms with Crippen LogP contribution in [0.4, 0.5) is 0 Å². The van der Waals surface area contributed by atoms with Crippen molar-refractivity contribution in [3.63, 3.8) is 0 Å². The third-order valence-corrected chi connectivity index (χ3v) is 6.49. The van der Waals surface area contributed by atoms with E-state index in [1.54, 1.807) is 0 Å². The van der Waals surface area contributed by atoms with Gasteiger partial charge in [-0.2, -0.15) is 0 Å². The van der Waals surface area contributed by atoms with Gasteiger partial charge in [0.15, 0.2) is 0 Å². The number of hydrogen-bond donors (Lipinski definition) is 2. The van der Waals surface area contributed by atoms with Crippen molar-refractivity contribution in [2.45, 2.75) is 79.4 Å². The molecule has 3 rings (SSSR count). The number of rotatable bonds is 12. The van der Waals surface area contributed by atoms with E-state index in [9.17, 15) is 5.11 Å². The van der Waals surface area contributed by atoms with Gasteiger partial charge in [-0.25, -0.2) is 0 Å². The van der Waals surface area contributed by atoms with E-state index in [2.05, 4.69) is 114 Å². The van der Waals surface area contributed by atoms with Crippen LogP contribution in [0.1, 0.15) is 82.7 Å². The third kappa shape index (κ3) is 9.40. The van der Waals surface area contributed by atoms with Gasteiger partial charge in [0.1, 0.15) is 5.76 Å². The molecule has 0 saturated carbocycles. The van der Waals surface area contributed by atoms with Gasteiger partial charge in [-0.05, 0) is 95.9 Å². The SMILES string of the molecule is CCc1ccc(C2=CC(c3cccc(C/C(C)=C\O/C(=C\C(O)CC(C)C)CC(C)C)c3)NC=C2)cc1. The van der Waals surface area contributed by atoms with E-state index in [0.29, 0.717) is 11.8 Å². The lowest BCUT2D eigenvalue weighted by Gasteiger charge is -2.20. The van der Waals surface area contributed by atoms with Gasteiger partial charge in [-0.3, -0.25) is 0 Å². The average Bonchev–Trinajstić information content (AvgIpc) is 2.87. The molecule has 2 atom stereocenters. The first-order valence-electron chi connectivity index (χ1n) is 13.8. The first-order valence-corrected chi connectivity index (χ1v) is 13.8. The molecule has 1 aliphatic heterocycles. The Morgan fingerprint density at radius 2 is 1.78 bits per heavy atom. The summed E-state index contributed by atoms with van der Waals surface area (Å²) in [6, 6.07) is 17.8. The summed E-state index contributed by atoms with van der Waals surface area (Å²) in [4.78, 5) is 0. The van der Waals surface area contributed by atoms with Crippen LogP contribution >= 0.6 is 0 Å². The molecule has 2 aromatic rings. The maximum Gasteiger partial charge on any atom is 0.102 e. The standard InChI is InChI=1S/C34H45NO2/c1-7-27-11-13-29(14-12-27)30-15-16-35-34(21-30)31-10-8-9-28(20-31)19-26(6)23-37-33(18-25(4)5)22-32(36)17-24(2)3/h8-16,20-25,32,34-36H,7,17-19H2,1-6H3/b26-23-,33-22-. The normalized spacial score (nSPS) is 17.1. The van der Waals surface area contributed by atoms with Crippen LogP contribution in [-0.4, -0.2) is 11.2 Å². The summed E-state index contributed by atoms with van der Waals surface area (Å²) in [7, 11) is 0. The van der Waals surface area contributed by atoms with Crippen molar-refractivity contribution in [2.75, 3.05) is 0 Å². The molecule has 2 N–H and O–H groups in total. The van der Waals surface area contributed by atoms with Crippen molar-refractivity contribution in [1.82, 2.24) is 5.32 Å². The predicted octanol–water partition coefficient (Wildman–Crippen LogP) is 8.29. The predicted molar refractivity (Wildman–Crippen MR) is 157 cm³/mol. The zero-order valence-corrected chi connectivity index (χ0v) is 23.5. The Balaban J connectivity index is 1.69. The van der Waals surface area contributed by atoms with Gasteiger partial charge < -0.3 is 15.2 Å². The molecule has 37 heavy (non-hydrogen) atoms. The second-order valence-corrected chi connectivity index (χ2v) is 11.1. The van der Waals surface area contributed by atoms with Crippen LogP contribution in [0.15, 0.2) is 90.6 Å². The number of dihydropyridines is 1. The molecular formula is C34H45NO2. The highest BCUT2D eigenvalue weighted by Crippen LogP contribution is 2.27. The van der Waals surface area contributed by atoms with Crippen molar-refractivity contribution in [3.8, 4) is 0 Å². The first kappa shape index (κ1) is 28.5. The Bertz CT molecular complexity index is 1120. The highest BCUT2D eigenvalue weighted by molar-refractivity contribution is 5.75. The fourth-order valence-electron chi connectivity index (χ4n) is 4.60. The topological polar surface area (TPSA) is 41.5 Å². The number of nitrogens with one attached hydrogen (secondary N) is 1. The van der Waals surface area contributed by atoms with Crippen molar-refractivity contribution >= 4 is 5.57 Å². The molecule has 198 valence electrons. The van der Waals surface area contributed by atoms with Crippen LogP contribution in [0.3, 0.4) is 0 Å². The quantitative estimate of drug-likeness (QED) is 0.289. The number of allylic oxidation sites excluding steroid dienone is 4. The summed E-state index contributed by atoms with van der Waals surface area (Å²) in [5.41, 5.74) is 7.49. The van der Waals surface area contributed by atoms with Crippen molar-refractivity contribution in [2.24, 2.45) is 11.8 Å². The molecule has 3 heteroatoms. The molecule has 0 amide bonds. The summed E-state index contributed by atoms with van der Waals surface area (Å²) < 4.78 is 6.07. The number of hydrogen-bond acceptors (Lipinski definition) is 3. The van der Waals surface area contributed by atoms with E-state index in [-0.39, 0.29) is 6.04 Å². The minimum Gasteiger partial charge on any atom is -0.470 e. The Morgan fingerprint density at radius 3 is 2.46 bits per heavy atom. The Labute approximate surface area is 224 Å². The number of aryl methyl sites for hydroxylation is 1. The molecule has 2 aromatic carbocycles. The lowest BCUT2D eigenvalue weighted by Crippen LogP contribution is -2.16. The van der Waals surface area contributed by atoms with Gasteiger partial charge in [0.05, 0.1) is 18.4 Å². The van der Waals surface area contributed by atoms with E-state index in [1.807, 2.05) is 12.3 Å². The fraction of sp³-hybridized carbons (Fsp3) is 0.412. The second-order valence-electron chi connectivity index (χ2n) is 11.1. The summed E-state index contributed by atoms with van der Waals surface area (Å²) in [5, 5.41) is 13.9. The van der Waals surface area contributed by atoms with Gasteiger partial charge in [0.25, 0.3) is 0 Å². The van der Waals surface area contributed by atoms with E-state index in [0.717, 1.165) is 37.0 Å². The highest BCUT2D eigenvalue weighted by atomic mass is 16.5. The zero-order valence-electron chi connectivity index (χ0n) is 23.5. The first-order chi connectivity index (χ1) is 17.7. The summed E-state index contributed by atoms with van der Waals surface area (Å²) >= 11 is 0. The molecule has 0 spiro atoms. The molecule has 1 heterocycles. The van der Waals surface area contributed by atoms with Crippen LogP contribution in [0.5, 0.6) is 0 Å². The molecule has 0 aliphatic carbocycles. The van der Waals surface area contributed by atoms with Gasteiger partial charge >= 0.3 is 0 Å². The summed E-state index contributed by atoms with van der Waals surface area (Å²) in [6.07, 6.45) is 13.2. The lowest BCUT2D eigenvalue weighted by atomic mass is 9.94. The van der Waals surface area contributed by atoms with E-state index >= 15 is 0 Å². The number of benzene rings is 2. The average molecular weight is 500 g/mol. The maximum atomic E-state index is 10.4. The molecule has 0 bridgehead atoms. The van der Waals surface area contributed by atoms with Crippen molar-refractivity contribution in [1.29, 1.82) is 0 Å². The summed E-state index contributed by atoms with van der Waals surface area (Å²) in [6.45, 7) is 12.9. The van der Waals surface area contributed by atoms with Gasteiger partial charge in [0, 0.05) is 6.42 Å². The van der Waals surface area contributed by atoms with Crippen LogP contribution in [0.25, 0.3) is 5.57 Å². The Hall–Kier alpha value is -3.04. The fourth-order valence-corrected chi connectivity index (χ4v) is 4.60. The van der Waals surface area contributed by atoms with Crippen LogP contribution in [0, 0.1) is 11.8 Å². The molecule has 0 aromatic heterocycles. The number of aliphatic hydroxyl groups excluding tert-OH is 1. The zero-order chi connectivity index (χ0) is 26.8. The van der Waals surface area contributed by atoms with E-state index in [4.69, 9.17) is 4.74 Å². The minimum atomic E-state index is -0.473. The monoisotopic (exact) mass is 499 g/mol. The van der Waals surface area contributed by atoms with E-state index in [1.165, 1.54) is 27.8 Å². The highest BCUT2D eigenvalue weighted by Gasteiger charge is 2.13. The van der Waals surface area contributed by atoms with Crippen molar-refractivity contribution in [3.05, 3.63) is 113 Å². The van der Waals surface area contributed by atoms with E-state index < -0.39 is 6.10 Å². The lowest BCUT2D eigenvalue weighted by molar-refractivity contribution is 0.186. The van der Waals surface area contributed by atoms with Crippen LogP contribution < -0.4 is 5.32 Å². The largest absolute Gasteiger partial charge is 0.470 e. The van der Waals surface area contributed by atoms with Crippen LogP contribution in [-0.2, 0) is 17.6 Å². The Morgan fingerprint density at radius 1 is 1.03 bits per heavy atom. The molecule has 1 aliphatic rings. The van der Waals surface area contributed by atoms with Gasteiger partial charge in [-0.15, -0.1) is 0 Å². The number of aliphatic hydroxyl groups is 1. The third-order valence-electron chi connectivity index (χ3n) is 6.49. The van der Waals surface area contributed by atoms with Gasteiger partial charge in [0.2, 0.25) is 0 Å². The number of ether oxygens (including phenoxy) is 1.